The van der Waals surface area contributed by atoms with Crippen LogP contribution in [0.2, 0.25) is 0 Å². The van der Waals surface area contributed by atoms with Crippen molar-refractivity contribution in [2.24, 2.45) is 5.41 Å². The van der Waals surface area contributed by atoms with Crippen LogP contribution in [0.1, 0.15) is 44.7 Å². The standard InChI is InChI=1S/C13H21NO2/c1-5-8-14(10-13(2,3)4)12(15)11-7-6-9-16-11/h6-7,9H,5,8,10H2,1-4H3. The number of nitrogens with zero attached hydrogens (tertiary/aromatic N) is 1. The van der Waals surface area contributed by atoms with Crippen LogP contribution in [0.15, 0.2) is 22.8 Å². The van der Waals surface area contributed by atoms with Crippen LogP contribution in [0.4, 0.5) is 0 Å². The second-order valence-corrected chi connectivity index (χ2v) is 5.26. The molecule has 0 aromatic carbocycles. The van der Waals surface area contributed by atoms with Crippen LogP contribution in [0.3, 0.4) is 0 Å². The molecule has 0 unspecified atom stereocenters. The van der Waals surface area contributed by atoms with Crippen molar-refractivity contribution in [1.82, 2.24) is 4.90 Å². The summed E-state index contributed by atoms with van der Waals surface area (Å²) in [5.74, 6) is 0.416. The summed E-state index contributed by atoms with van der Waals surface area (Å²) in [5.41, 5.74) is 0.109. The van der Waals surface area contributed by atoms with Crippen molar-refractivity contribution >= 4 is 5.91 Å². The molecule has 0 atom stereocenters. The predicted molar refractivity (Wildman–Crippen MR) is 64.4 cm³/mol. The minimum atomic E-state index is -0.0122. The van der Waals surface area contributed by atoms with E-state index in [1.807, 2.05) is 4.90 Å². The molecule has 0 saturated heterocycles. The van der Waals surface area contributed by atoms with Gasteiger partial charge in [-0.1, -0.05) is 27.7 Å². The van der Waals surface area contributed by atoms with Gasteiger partial charge in [-0.05, 0) is 24.0 Å². The lowest BCUT2D eigenvalue weighted by Gasteiger charge is -2.29. The van der Waals surface area contributed by atoms with Crippen molar-refractivity contribution in [3.8, 4) is 0 Å². The maximum atomic E-state index is 12.1. The van der Waals surface area contributed by atoms with Gasteiger partial charge in [0.1, 0.15) is 0 Å². The Balaban J connectivity index is 2.74. The third-order valence-corrected chi connectivity index (χ3v) is 2.18. The molecule has 1 rings (SSSR count). The fraction of sp³-hybridized carbons (Fsp3) is 0.615. The van der Waals surface area contributed by atoms with E-state index in [1.54, 1.807) is 12.1 Å². The number of rotatable bonds is 4. The van der Waals surface area contributed by atoms with Gasteiger partial charge in [0.15, 0.2) is 5.76 Å². The maximum Gasteiger partial charge on any atom is 0.289 e. The molecule has 1 aromatic rings. The highest BCUT2D eigenvalue weighted by Gasteiger charge is 2.22. The zero-order valence-electron chi connectivity index (χ0n) is 10.6. The molecule has 16 heavy (non-hydrogen) atoms. The molecule has 0 bridgehead atoms. The second kappa shape index (κ2) is 5.19. The molecule has 0 saturated carbocycles. The molecule has 1 aromatic heterocycles. The minimum Gasteiger partial charge on any atom is -0.459 e. The first-order chi connectivity index (χ1) is 7.44. The summed E-state index contributed by atoms with van der Waals surface area (Å²) in [6.45, 7) is 9.99. The van der Waals surface area contributed by atoms with Crippen LogP contribution in [-0.2, 0) is 0 Å². The fourth-order valence-corrected chi connectivity index (χ4v) is 1.65. The summed E-state index contributed by atoms with van der Waals surface area (Å²) < 4.78 is 5.15. The van der Waals surface area contributed by atoms with Gasteiger partial charge in [0.2, 0.25) is 0 Å². The number of carbonyl (C=O) groups excluding carboxylic acids is 1. The summed E-state index contributed by atoms with van der Waals surface area (Å²) in [4.78, 5) is 14.0. The first-order valence-electron chi connectivity index (χ1n) is 5.77. The van der Waals surface area contributed by atoms with Crippen LogP contribution in [0.5, 0.6) is 0 Å². The van der Waals surface area contributed by atoms with Gasteiger partial charge in [0.25, 0.3) is 5.91 Å². The van der Waals surface area contributed by atoms with E-state index < -0.39 is 0 Å². The van der Waals surface area contributed by atoms with E-state index in [4.69, 9.17) is 4.42 Å². The van der Waals surface area contributed by atoms with Gasteiger partial charge < -0.3 is 9.32 Å². The average molecular weight is 223 g/mol. The lowest BCUT2D eigenvalue weighted by Crippen LogP contribution is -2.38. The van der Waals surface area contributed by atoms with Gasteiger partial charge >= 0.3 is 0 Å². The summed E-state index contributed by atoms with van der Waals surface area (Å²) >= 11 is 0. The summed E-state index contributed by atoms with van der Waals surface area (Å²) in [5, 5.41) is 0. The zero-order chi connectivity index (χ0) is 12.2. The molecule has 0 N–H and O–H groups in total. The molecule has 1 amide bonds. The number of hydrogen-bond acceptors (Lipinski definition) is 2. The Labute approximate surface area is 97.4 Å². The number of amides is 1. The largest absolute Gasteiger partial charge is 0.459 e. The van der Waals surface area contributed by atoms with E-state index in [0.29, 0.717) is 5.76 Å². The van der Waals surface area contributed by atoms with Crippen molar-refractivity contribution in [2.45, 2.75) is 34.1 Å². The molecule has 90 valence electrons. The number of hydrogen-bond donors (Lipinski definition) is 0. The van der Waals surface area contributed by atoms with Crippen LogP contribution in [0.25, 0.3) is 0 Å². The van der Waals surface area contributed by atoms with Crippen molar-refractivity contribution in [3.63, 3.8) is 0 Å². The first-order valence-corrected chi connectivity index (χ1v) is 5.77. The smallest absolute Gasteiger partial charge is 0.289 e. The first kappa shape index (κ1) is 12.8. The third kappa shape index (κ3) is 3.72. The van der Waals surface area contributed by atoms with E-state index >= 15 is 0 Å². The topological polar surface area (TPSA) is 33.5 Å². The Morgan fingerprint density at radius 1 is 1.44 bits per heavy atom. The fourth-order valence-electron chi connectivity index (χ4n) is 1.65. The quantitative estimate of drug-likeness (QED) is 0.785. The normalized spacial score (nSPS) is 11.5. The monoisotopic (exact) mass is 223 g/mol. The van der Waals surface area contributed by atoms with Crippen LogP contribution in [0, 0.1) is 5.41 Å². The van der Waals surface area contributed by atoms with Gasteiger partial charge in [0.05, 0.1) is 6.26 Å². The van der Waals surface area contributed by atoms with Crippen molar-refractivity contribution in [3.05, 3.63) is 24.2 Å². The molecule has 1 heterocycles. The van der Waals surface area contributed by atoms with E-state index in [1.165, 1.54) is 6.26 Å². The van der Waals surface area contributed by atoms with Gasteiger partial charge in [-0.3, -0.25) is 4.79 Å². The molecule has 0 spiro atoms. The average Bonchev–Trinajstić information content (AvgIpc) is 2.66. The molecule has 3 heteroatoms. The Hall–Kier alpha value is -1.25. The SMILES string of the molecule is CCCN(CC(C)(C)C)C(=O)c1ccco1. The van der Waals surface area contributed by atoms with Crippen LogP contribution < -0.4 is 0 Å². The molecule has 0 radical (unpaired) electrons. The highest BCUT2D eigenvalue weighted by atomic mass is 16.3. The Bertz CT molecular complexity index is 322. The Morgan fingerprint density at radius 3 is 2.56 bits per heavy atom. The summed E-state index contributed by atoms with van der Waals surface area (Å²) in [6.07, 6.45) is 2.50. The molecular weight excluding hydrogens is 202 g/mol. The lowest BCUT2D eigenvalue weighted by atomic mass is 9.96. The van der Waals surface area contributed by atoms with Gasteiger partial charge in [-0.25, -0.2) is 0 Å². The van der Waals surface area contributed by atoms with E-state index in [-0.39, 0.29) is 11.3 Å². The highest BCUT2D eigenvalue weighted by molar-refractivity contribution is 5.91. The second-order valence-electron chi connectivity index (χ2n) is 5.26. The molecule has 0 aliphatic heterocycles. The maximum absolute atomic E-state index is 12.1. The Kier molecular flexibility index (Phi) is 4.16. The minimum absolute atomic E-state index is 0.0122. The lowest BCUT2D eigenvalue weighted by molar-refractivity contribution is 0.0663. The van der Waals surface area contributed by atoms with Crippen molar-refractivity contribution in [2.75, 3.05) is 13.1 Å². The van der Waals surface area contributed by atoms with E-state index in [2.05, 4.69) is 27.7 Å². The number of furan rings is 1. The predicted octanol–water partition coefficient (Wildman–Crippen LogP) is 3.18. The highest BCUT2D eigenvalue weighted by Crippen LogP contribution is 2.17. The van der Waals surface area contributed by atoms with Crippen LogP contribution >= 0.6 is 0 Å². The van der Waals surface area contributed by atoms with Crippen molar-refractivity contribution in [1.29, 1.82) is 0 Å². The number of carbonyl (C=O) groups is 1. The van der Waals surface area contributed by atoms with Gasteiger partial charge in [-0.2, -0.15) is 0 Å². The summed E-state index contributed by atoms with van der Waals surface area (Å²) in [7, 11) is 0. The Morgan fingerprint density at radius 2 is 2.12 bits per heavy atom. The third-order valence-electron chi connectivity index (χ3n) is 2.18. The van der Waals surface area contributed by atoms with E-state index in [9.17, 15) is 4.79 Å². The summed E-state index contributed by atoms with van der Waals surface area (Å²) in [6, 6.07) is 3.46. The molecule has 3 nitrogen and oxygen atoms in total. The van der Waals surface area contributed by atoms with Gasteiger partial charge in [0, 0.05) is 13.1 Å². The molecule has 0 aliphatic rings. The molecular formula is C13H21NO2. The molecule has 0 fully saturated rings. The van der Waals surface area contributed by atoms with E-state index in [0.717, 1.165) is 19.5 Å². The van der Waals surface area contributed by atoms with Crippen LogP contribution in [-0.4, -0.2) is 23.9 Å². The van der Waals surface area contributed by atoms with Crippen molar-refractivity contribution < 1.29 is 9.21 Å². The molecule has 0 aliphatic carbocycles. The van der Waals surface area contributed by atoms with Gasteiger partial charge in [-0.15, -0.1) is 0 Å². The zero-order valence-corrected chi connectivity index (χ0v) is 10.6.